The number of halogens is 1. The van der Waals surface area contributed by atoms with Gasteiger partial charge in [0.05, 0.1) is 19.3 Å². The van der Waals surface area contributed by atoms with Gasteiger partial charge in [-0.2, -0.15) is 0 Å². The molecule has 1 atom stereocenters. The van der Waals surface area contributed by atoms with Crippen LogP contribution in [0.2, 0.25) is 0 Å². The summed E-state index contributed by atoms with van der Waals surface area (Å²) in [6, 6.07) is 0. The molecule has 1 aliphatic rings. The number of aliphatic hydroxyl groups is 2. The van der Waals surface area contributed by atoms with Gasteiger partial charge in [0.15, 0.2) is 5.67 Å². The maximum atomic E-state index is 13.5. The Morgan fingerprint density at radius 3 is 2.46 bits per heavy atom. The molecule has 4 heteroatoms. The van der Waals surface area contributed by atoms with Crippen LogP contribution < -0.4 is 0 Å². The molecular formula is C9H17FO3. The van der Waals surface area contributed by atoms with E-state index in [1.165, 1.54) is 0 Å². The Kier molecular flexibility index (Phi) is 4.09. The fraction of sp³-hybridized carbons (Fsp3) is 1.00. The van der Waals surface area contributed by atoms with E-state index in [-0.39, 0.29) is 12.5 Å². The average molecular weight is 192 g/mol. The molecule has 0 aromatic heterocycles. The lowest BCUT2D eigenvalue weighted by Gasteiger charge is -2.29. The Hall–Kier alpha value is -0.190. The van der Waals surface area contributed by atoms with E-state index in [0.29, 0.717) is 6.61 Å². The molecule has 0 bridgehead atoms. The minimum Gasteiger partial charge on any atom is -0.393 e. The van der Waals surface area contributed by atoms with Gasteiger partial charge in [-0.25, -0.2) is 4.39 Å². The SMILES string of the molecule is OCC(F)(CO)C[C@H]1CCCCO1. The van der Waals surface area contributed by atoms with Gasteiger partial charge in [-0.15, -0.1) is 0 Å². The van der Waals surface area contributed by atoms with Crippen molar-refractivity contribution in [3.05, 3.63) is 0 Å². The summed E-state index contributed by atoms with van der Waals surface area (Å²) in [5, 5.41) is 17.5. The number of alkyl halides is 1. The molecule has 3 nitrogen and oxygen atoms in total. The zero-order chi connectivity index (χ0) is 9.73. The van der Waals surface area contributed by atoms with Crippen molar-refractivity contribution >= 4 is 0 Å². The molecule has 0 spiro atoms. The zero-order valence-electron chi connectivity index (χ0n) is 7.71. The molecule has 0 saturated carbocycles. The third-order valence-electron chi connectivity index (χ3n) is 2.43. The van der Waals surface area contributed by atoms with Gasteiger partial charge in [0.1, 0.15) is 0 Å². The smallest absolute Gasteiger partial charge is 0.159 e. The van der Waals surface area contributed by atoms with Crippen molar-refractivity contribution in [3.63, 3.8) is 0 Å². The maximum Gasteiger partial charge on any atom is 0.159 e. The van der Waals surface area contributed by atoms with Crippen LogP contribution in [0.15, 0.2) is 0 Å². The molecule has 0 aromatic rings. The molecule has 1 aliphatic heterocycles. The van der Waals surface area contributed by atoms with E-state index in [1.807, 2.05) is 0 Å². The van der Waals surface area contributed by atoms with Crippen molar-refractivity contribution < 1.29 is 19.3 Å². The summed E-state index contributed by atoms with van der Waals surface area (Å²) in [7, 11) is 0. The number of aliphatic hydroxyl groups excluding tert-OH is 2. The second kappa shape index (κ2) is 4.88. The van der Waals surface area contributed by atoms with E-state index in [1.54, 1.807) is 0 Å². The zero-order valence-corrected chi connectivity index (χ0v) is 7.71. The van der Waals surface area contributed by atoms with Crippen LogP contribution in [0.25, 0.3) is 0 Å². The van der Waals surface area contributed by atoms with Gasteiger partial charge < -0.3 is 14.9 Å². The Balaban J connectivity index is 2.35. The van der Waals surface area contributed by atoms with Crippen LogP contribution in [0.1, 0.15) is 25.7 Å². The van der Waals surface area contributed by atoms with E-state index in [9.17, 15) is 4.39 Å². The van der Waals surface area contributed by atoms with Gasteiger partial charge in [0.25, 0.3) is 0 Å². The van der Waals surface area contributed by atoms with Crippen LogP contribution in [-0.4, -0.2) is 41.8 Å². The summed E-state index contributed by atoms with van der Waals surface area (Å²) in [4.78, 5) is 0. The van der Waals surface area contributed by atoms with Crippen LogP contribution in [0.3, 0.4) is 0 Å². The van der Waals surface area contributed by atoms with E-state index in [2.05, 4.69) is 0 Å². The molecule has 1 fully saturated rings. The van der Waals surface area contributed by atoms with Crippen LogP contribution in [0, 0.1) is 0 Å². The maximum absolute atomic E-state index is 13.5. The van der Waals surface area contributed by atoms with E-state index in [0.717, 1.165) is 19.3 Å². The molecule has 0 aromatic carbocycles. The molecule has 0 amide bonds. The highest BCUT2D eigenvalue weighted by Crippen LogP contribution is 2.24. The van der Waals surface area contributed by atoms with Crippen molar-refractivity contribution in [1.29, 1.82) is 0 Å². The molecule has 0 radical (unpaired) electrons. The number of hydrogen-bond acceptors (Lipinski definition) is 3. The largest absolute Gasteiger partial charge is 0.393 e. The van der Waals surface area contributed by atoms with E-state index >= 15 is 0 Å². The molecule has 13 heavy (non-hydrogen) atoms. The van der Waals surface area contributed by atoms with Crippen molar-refractivity contribution in [3.8, 4) is 0 Å². The normalized spacial score (nSPS) is 24.7. The summed E-state index contributed by atoms with van der Waals surface area (Å²) in [6.45, 7) is -0.607. The number of hydrogen-bond donors (Lipinski definition) is 2. The summed E-state index contributed by atoms with van der Waals surface area (Å²) < 4.78 is 18.8. The minimum atomic E-state index is -1.87. The molecule has 0 unspecified atom stereocenters. The highest BCUT2D eigenvalue weighted by molar-refractivity contribution is 4.82. The van der Waals surface area contributed by atoms with Gasteiger partial charge >= 0.3 is 0 Å². The highest BCUT2D eigenvalue weighted by Gasteiger charge is 2.32. The first kappa shape index (κ1) is 10.9. The van der Waals surface area contributed by atoms with Gasteiger partial charge in [0, 0.05) is 13.0 Å². The molecule has 1 heterocycles. The molecule has 2 N–H and O–H groups in total. The van der Waals surface area contributed by atoms with E-state index in [4.69, 9.17) is 14.9 Å². The standard InChI is InChI=1S/C9H17FO3/c10-9(6-11,7-12)5-8-3-1-2-4-13-8/h8,11-12H,1-7H2/t8-/m1/s1. The highest BCUT2D eigenvalue weighted by atomic mass is 19.1. The minimum absolute atomic E-state index is 0.0972. The van der Waals surface area contributed by atoms with Crippen molar-refractivity contribution in [1.82, 2.24) is 0 Å². The molecule has 78 valence electrons. The lowest BCUT2D eigenvalue weighted by atomic mass is 9.95. The van der Waals surface area contributed by atoms with Gasteiger partial charge in [-0.1, -0.05) is 0 Å². The third kappa shape index (κ3) is 3.21. The topological polar surface area (TPSA) is 49.7 Å². The summed E-state index contributed by atoms with van der Waals surface area (Å²) >= 11 is 0. The number of rotatable bonds is 4. The van der Waals surface area contributed by atoms with Crippen molar-refractivity contribution in [2.45, 2.75) is 37.5 Å². The monoisotopic (exact) mass is 192 g/mol. The quantitative estimate of drug-likeness (QED) is 0.687. The predicted molar refractivity (Wildman–Crippen MR) is 46.2 cm³/mol. The third-order valence-corrected chi connectivity index (χ3v) is 2.43. The fourth-order valence-electron chi connectivity index (χ4n) is 1.56. The second-order valence-electron chi connectivity index (χ2n) is 3.66. The summed E-state index contributed by atoms with van der Waals surface area (Å²) in [5.74, 6) is 0. The lowest BCUT2D eigenvalue weighted by Crippen LogP contribution is -2.38. The Bertz CT molecular complexity index is 142. The first-order chi connectivity index (χ1) is 6.20. The average Bonchev–Trinajstić information content (AvgIpc) is 2.19. The predicted octanol–water partition coefficient (Wildman–Crippen LogP) is 0.639. The molecular weight excluding hydrogens is 175 g/mol. The molecule has 1 saturated heterocycles. The Morgan fingerprint density at radius 1 is 1.31 bits per heavy atom. The Labute approximate surface area is 77.5 Å². The number of ether oxygens (including phenoxy) is 1. The lowest BCUT2D eigenvalue weighted by molar-refractivity contribution is -0.0595. The van der Waals surface area contributed by atoms with Crippen molar-refractivity contribution in [2.24, 2.45) is 0 Å². The van der Waals surface area contributed by atoms with Gasteiger partial charge in [-0.3, -0.25) is 0 Å². The van der Waals surface area contributed by atoms with Crippen molar-refractivity contribution in [2.75, 3.05) is 19.8 Å². The Morgan fingerprint density at radius 2 is 2.00 bits per heavy atom. The first-order valence-electron chi connectivity index (χ1n) is 4.72. The van der Waals surface area contributed by atoms with Crippen LogP contribution in [0.4, 0.5) is 4.39 Å². The fourth-order valence-corrected chi connectivity index (χ4v) is 1.56. The van der Waals surface area contributed by atoms with Gasteiger partial charge in [0.2, 0.25) is 0 Å². The molecule has 0 aliphatic carbocycles. The van der Waals surface area contributed by atoms with Crippen LogP contribution in [-0.2, 0) is 4.74 Å². The molecule has 1 rings (SSSR count). The van der Waals surface area contributed by atoms with E-state index < -0.39 is 18.9 Å². The van der Waals surface area contributed by atoms with Gasteiger partial charge in [-0.05, 0) is 19.3 Å². The summed E-state index contributed by atoms with van der Waals surface area (Å²) in [6.07, 6.45) is 2.84. The summed E-state index contributed by atoms with van der Waals surface area (Å²) in [5.41, 5.74) is -1.87. The van der Waals surface area contributed by atoms with Crippen LogP contribution in [0.5, 0.6) is 0 Å². The van der Waals surface area contributed by atoms with Crippen LogP contribution >= 0.6 is 0 Å². The second-order valence-corrected chi connectivity index (χ2v) is 3.66. The first-order valence-corrected chi connectivity index (χ1v) is 4.72.